The van der Waals surface area contributed by atoms with Crippen LogP contribution >= 0.6 is 0 Å². The van der Waals surface area contributed by atoms with Crippen molar-refractivity contribution in [3.8, 4) is 5.75 Å². The Bertz CT molecular complexity index is 827. The zero-order valence-electron chi connectivity index (χ0n) is 17.5. The highest BCUT2D eigenvalue weighted by Crippen LogP contribution is 2.26. The fourth-order valence-corrected chi connectivity index (χ4v) is 4.15. The van der Waals surface area contributed by atoms with Gasteiger partial charge in [0.2, 0.25) is 0 Å². The molecule has 3 rings (SSSR count). The number of carbonyl (C=O) groups excluding carboxylic acids is 1. The summed E-state index contributed by atoms with van der Waals surface area (Å²) in [5.74, 6) is 1.13. The van der Waals surface area contributed by atoms with Gasteiger partial charge in [-0.25, -0.2) is 0 Å². The summed E-state index contributed by atoms with van der Waals surface area (Å²) in [5.41, 5.74) is 5.44. The van der Waals surface area contributed by atoms with Crippen LogP contribution < -0.4 is 4.74 Å². The molecule has 27 heavy (non-hydrogen) atoms. The second-order valence-electron chi connectivity index (χ2n) is 8.13. The number of hydrogen-bond acceptors (Lipinski definition) is 2. The summed E-state index contributed by atoms with van der Waals surface area (Å²) in [4.78, 5) is 15.0. The molecule has 1 saturated heterocycles. The van der Waals surface area contributed by atoms with Crippen LogP contribution in [0.4, 0.5) is 0 Å². The van der Waals surface area contributed by atoms with Crippen molar-refractivity contribution in [1.82, 2.24) is 9.47 Å². The monoisotopic (exact) mass is 368 g/mol. The van der Waals surface area contributed by atoms with Gasteiger partial charge in [0.1, 0.15) is 11.9 Å². The van der Waals surface area contributed by atoms with Crippen LogP contribution in [-0.4, -0.2) is 34.6 Å². The fraction of sp³-hybridized carbons (Fsp3) is 0.522. The van der Waals surface area contributed by atoms with Crippen LogP contribution in [0.2, 0.25) is 0 Å². The first kappa shape index (κ1) is 19.5. The van der Waals surface area contributed by atoms with Crippen LogP contribution in [0.25, 0.3) is 0 Å². The van der Waals surface area contributed by atoms with E-state index >= 15 is 0 Å². The molecule has 146 valence electrons. The van der Waals surface area contributed by atoms with E-state index in [0.29, 0.717) is 6.04 Å². The van der Waals surface area contributed by atoms with E-state index in [-0.39, 0.29) is 12.0 Å². The number of hydrogen-bond donors (Lipinski definition) is 0. The molecule has 4 heteroatoms. The van der Waals surface area contributed by atoms with Crippen molar-refractivity contribution in [3.05, 3.63) is 52.3 Å². The zero-order chi connectivity index (χ0) is 19.7. The largest absolute Gasteiger partial charge is 0.490 e. The van der Waals surface area contributed by atoms with Gasteiger partial charge >= 0.3 is 0 Å². The summed E-state index contributed by atoms with van der Waals surface area (Å²) in [6, 6.07) is 8.72. The lowest BCUT2D eigenvalue weighted by Crippen LogP contribution is -2.42. The lowest BCUT2D eigenvalue weighted by molar-refractivity contribution is 0.0593. The predicted octanol–water partition coefficient (Wildman–Crippen LogP) is 4.99. The number of aryl methyl sites for hydroxylation is 3. The lowest BCUT2D eigenvalue weighted by Gasteiger charge is -2.32. The van der Waals surface area contributed by atoms with Gasteiger partial charge in [-0.2, -0.15) is 0 Å². The number of amides is 1. The maximum Gasteiger partial charge on any atom is 0.255 e. The van der Waals surface area contributed by atoms with E-state index < -0.39 is 0 Å². The molecule has 0 atom stereocenters. The molecule has 1 aromatic carbocycles. The first-order valence-corrected chi connectivity index (χ1v) is 9.99. The van der Waals surface area contributed by atoms with Gasteiger partial charge in [-0.3, -0.25) is 4.79 Å². The Hall–Kier alpha value is -2.23. The number of aromatic nitrogens is 1. The van der Waals surface area contributed by atoms with Crippen LogP contribution in [0.15, 0.2) is 24.3 Å². The Morgan fingerprint density at radius 3 is 2.33 bits per heavy atom. The van der Waals surface area contributed by atoms with Gasteiger partial charge in [-0.05, 0) is 64.8 Å². The van der Waals surface area contributed by atoms with Gasteiger partial charge < -0.3 is 14.2 Å². The van der Waals surface area contributed by atoms with E-state index in [1.54, 1.807) is 0 Å². The van der Waals surface area contributed by atoms with Gasteiger partial charge in [0.25, 0.3) is 5.91 Å². The minimum atomic E-state index is 0.153. The molecule has 1 fully saturated rings. The minimum absolute atomic E-state index is 0.153. The molecule has 2 aromatic rings. The van der Waals surface area contributed by atoms with Crippen molar-refractivity contribution >= 4 is 5.91 Å². The summed E-state index contributed by atoms with van der Waals surface area (Å²) in [5, 5.41) is 0. The quantitative estimate of drug-likeness (QED) is 0.762. The van der Waals surface area contributed by atoms with Gasteiger partial charge in [0.15, 0.2) is 0 Å². The van der Waals surface area contributed by atoms with Crippen LogP contribution in [0.3, 0.4) is 0 Å². The van der Waals surface area contributed by atoms with Crippen LogP contribution in [0.1, 0.15) is 65.6 Å². The van der Waals surface area contributed by atoms with Crippen molar-refractivity contribution in [2.45, 2.75) is 66.5 Å². The number of benzene rings is 1. The maximum absolute atomic E-state index is 13.0. The van der Waals surface area contributed by atoms with E-state index in [9.17, 15) is 4.79 Å². The lowest BCUT2D eigenvalue weighted by atomic mass is 10.1. The summed E-state index contributed by atoms with van der Waals surface area (Å²) >= 11 is 0. The van der Waals surface area contributed by atoms with Crippen molar-refractivity contribution in [2.75, 3.05) is 13.1 Å². The molecule has 1 aliphatic heterocycles. The fourth-order valence-electron chi connectivity index (χ4n) is 4.15. The van der Waals surface area contributed by atoms with Crippen molar-refractivity contribution in [1.29, 1.82) is 0 Å². The molecule has 0 N–H and O–H groups in total. The Balaban J connectivity index is 1.65. The predicted molar refractivity (Wildman–Crippen MR) is 110 cm³/mol. The van der Waals surface area contributed by atoms with Crippen molar-refractivity contribution < 1.29 is 9.53 Å². The maximum atomic E-state index is 13.0. The number of rotatable bonds is 4. The van der Waals surface area contributed by atoms with Gasteiger partial charge in [-0.1, -0.05) is 12.1 Å². The number of carbonyl (C=O) groups is 1. The Labute approximate surface area is 163 Å². The number of piperidine rings is 1. The van der Waals surface area contributed by atoms with E-state index in [1.807, 2.05) is 11.0 Å². The van der Waals surface area contributed by atoms with E-state index in [1.165, 1.54) is 11.1 Å². The molecule has 1 aliphatic rings. The third-order valence-corrected chi connectivity index (χ3v) is 5.60. The molecule has 1 amide bonds. The topological polar surface area (TPSA) is 34.5 Å². The summed E-state index contributed by atoms with van der Waals surface area (Å²) < 4.78 is 8.48. The Kier molecular flexibility index (Phi) is 5.64. The molecule has 1 aromatic heterocycles. The van der Waals surface area contributed by atoms with Crippen LogP contribution in [0, 0.1) is 27.7 Å². The van der Waals surface area contributed by atoms with Crippen LogP contribution in [-0.2, 0) is 0 Å². The second kappa shape index (κ2) is 7.79. The minimum Gasteiger partial charge on any atom is -0.490 e. The zero-order valence-corrected chi connectivity index (χ0v) is 17.5. The number of ether oxygens (including phenoxy) is 1. The highest BCUT2D eigenvalue weighted by Gasteiger charge is 2.27. The molecule has 0 bridgehead atoms. The smallest absolute Gasteiger partial charge is 0.255 e. The SMILES string of the molecule is Cc1ccc(C)c(OC2CCN(C(=O)c3cc(C)n(C(C)C)c3C)CC2)c1. The summed E-state index contributed by atoms with van der Waals surface area (Å²) in [7, 11) is 0. The molecule has 0 aliphatic carbocycles. The van der Waals surface area contributed by atoms with E-state index in [0.717, 1.165) is 48.6 Å². The first-order chi connectivity index (χ1) is 12.8. The summed E-state index contributed by atoms with van der Waals surface area (Å²) in [6.07, 6.45) is 1.93. The van der Waals surface area contributed by atoms with Crippen molar-refractivity contribution in [3.63, 3.8) is 0 Å². The third kappa shape index (κ3) is 4.05. The normalized spacial score (nSPS) is 15.4. The standard InChI is InChI=1S/C23H32N2O2/c1-15(2)25-18(5)14-21(19(25)6)23(26)24-11-9-20(10-12-24)27-22-13-16(3)7-8-17(22)4/h7-8,13-15,20H,9-12H2,1-6H3. The molecule has 0 saturated carbocycles. The average Bonchev–Trinajstić information content (AvgIpc) is 2.92. The summed E-state index contributed by atoms with van der Waals surface area (Å²) in [6.45, 7) is 14.1. The Morgan fingerprint density at radius 1 is 1.07 bits per heavy atom. The molecular weight excluding hydrogens is 336 g/mol. The molecule has 2 heterocycles. The van der Waals surface area contributed by atoms with Gasteiger partial charge in [0, 0.05) is 43.4 Å². The number of nitrogens with zero attached hydrogens (tertiary/aromatic N) is 2. The van der Waals surface area contributed by atoms with Gasteiger partial charge in [0.05, 0.1) is 5.56 Å². The molecule has 0 radical (unpaired) electrons. The molecule has 0 spiro atoms. The average molecular weight is 369 g/mol. The van der Waals surface area contributed by atoms with Crippen LogP contribution in [0.5, 0.6) is 5.75 Å². The number of likely N-dealkylation sites (tertiary alicyclic amines) is 1. The molecule has 4 nitrogen and oxygen atoms in total. The Morgan fingerprint density at radius 2 is 1.74 bits per heavy atom. The molecule has 0 unspecified atom stereocenters. The third-order valence-electron chi connectivity index (χ3n) is 5.60. The highest BCUT2D eigenvalue weighted by atomic mass is 16.5. The first-order valence-electron chi connectivity index (χ1n) is 9.99. The van der Waals surface area contributed by atoms with Gasteiger partial charge in [-0.15, -0.1) is 0 Å². The van der Waals surface area contributed by atoms with E-state index in [2.05, 4.69) is 64.3 Å². The highest BCUT2D eigenvalue weighted by molar-refractivity contribution is 5.95. The molecular formula is C23H32N2O2. The van der Waals surface area contributed by atoms with Crippen molar-refractivity contribution in [2.24, 2.45) is 0 Å². The van der Waals surface area contributed by atoms with E-state index in [4.69, 9.17) is 4.74 Å². The second-order valence-corrected chi connectivity index (χ2v) is 8.13.